The fourth-order valence-electron chi connectivity index (χ4n) is 1.51. The van der Waals surface area contributed by atoms with Crippen LogP contribution in [0.1, 0.15) is 12.6 Å². The Hall–Kier alpha value is -2.02. The van der Waals surface area contributed by atoms with Crippen LogP contribution in [-0.2, 0) is 11.2 Å². The summed E-state index contributed by atoms with van der Waals surface area (Å²) in [5.74, 6) is -1.00. The van der Waals surface area contributed by atoms with Crippen molar-refractivity contribution >= 4 is 5.97 Å². The second kappa shape index (κ2) is 7.42. The van der Waals surface area contributed by atoms with Crippen molar-refractivity contribution in [2.75, 3.05) is 20.3 Å². The van der Waals surface area contributed by atoms with Gasteiger partial charge in [0.25, 0.3) is 0 Å². The molecule has 1 aromatic heterocycles. The minimum Gasteiger partial charge on any atom is -0.480 e. The molecule has 106 valence electrons. The largest absolute Gasteiger partial charge is 0.480 e. The summed E-state index contributed by atoms with van der Waals surface area (Å²) in [6, 6.07) is -0.851. The van der Waals surface area contributed by atoms with Crippen molar-refractivity contribution in [1.29, 1.82) is 0 Å². The molecule has 0 fully saturated rings. The van der Waals surface area contributed by atoms with E-state index in [-0.39, 0.29) is 6.42 Å². The van der Waals surface area contributed by atoms with Gasteiger partial charge in [0.05, 0.1) is 13.0 Å². The summed E-state index contributed by atoms with van der Waals surface area (Å²) in [6.07, 6.45) is 7.53. The zero-order chi connectivity index (χ0) is 14.3. The molecule has 0 bridgehead atoms. The van der Waals surface area contributed by atoms with E-state index in [1.54, 1.807) is 6.20 Å². The molecule has 0 amide bonds. The van der Waals surface area contributed by atoms with E-state index in [1.165, 1.54) is 6.33 Å². The fraction of sp³-hybridized carbons (Fsp3) is 0.500. The Morgan fingerprint density at radius 1 is 1.63 bits per heavy atom. The van der Waals surface area contributed by atoms with E-state index in [1.807, 2.05) is 0 Å². The van der Waals surface area contributed by atoms with Crippen molar-refractivity contribution in [2.24, 2.45) is 5.73 Å². The average molecular weight is 267 g/mol. The monoisotopic (exact) mass is 267 g/mol. The van der Waals surface area contributed by atoms with Crippen LogP contribution in [0.25, 0.3) is 0 Å². The first-order valence-corrected chi connectivity index (χ1v) is 6.11. The number of H-pyrrole nitrogens is 1. The molecule has 0 spiro atoms. The Bertz CT molecular complexity index is 404. The number of imidazole rings is 1. The van der Waals surface area contributed by atoms with Crippen molar-refractivity contribution in [3.8, 4) is 0 Å². The molecule has 0 saturated heterocycles. The molecule has 1 atom stereocenters. The molecule has 7 heteroatoms. The lowest BCUT2D eigenvalue weighted by Gasteiger charge is -2.14. The highest BCUT2D eigenvalue weighted by Crippen LogP contribution is 2.00. The van der Waals surface area contributed by atoms with E-state index in [2.05, 4.69) is 46.1 Å². The van der Waals surface area contributed by atoms with Crippen LogP contribution in [-0.4, -0.2) is 57.1 Å². The predicted molar refractivity (Wildman–Crippen MR) is 72.1 cm³/mol. The Kier molecular flexibility index (Phi) is 5.87. The topological polar surface area (TPSA) is 98.5 Å². The average Bonchev–Trinajstić information content (AvgIpc) is 3.01. The first kappa shape index (κ1) is 15.0. The smallest absolute Gasteiger partial charge is 0.320 e. The van der Waals surface area contributed by atoms with Gasteiger partial charge in [-0.25, -0.2) is 4.98 Å². The third kappa shape index (κ3) is 5.43. The highest BCUT2D eigenvalue weighted by atomic mass is 16.4. The summed E-state index contributed by atoms with van der Waals surface area (Å²) in [7, 11) is 2.08. The van der Waals surface area contributed by atoms with Crippen LogP contribution in [0, 0.1) is 0 Å². The van der Waals surface area contributed by atoms with Gasteiger partial charge >= 0.3 is 5.97 Å². The van der Waals surface area contributed by atoms with Crippen molar-refractivity contribution in [3.63, 3.8) is 0 Å². The maximum absolute atomic E-state index is 10.3. The minimum absolute atomic E-state index is 0.287. The summed E-state index contributed by atoms with van der Waals surface area (Å²) < 4.78 is 0. The van der Waals surface area contributed by atoms with E-state index in [0.29, 0.717) is 0 Å². The second-order valence-electron chi connectivity index (χ2n) is 4.33. The first-order chi connectivity index (χ1) is 9.02. The normalized spacial score (nSPS) is 15.1. The third-order valence-electron chi connectivity index (χ3n) is 2.65. The quantitative estimate of drug-likeness (QED) is 0.713. The molecule has 0 aliphatic carbocycles. The molecule has 19 heavy (non-hydrogen) atoms. The number of hydrogen-bond donors (Lipinski definition) is 3. The van der Waals surface area contributed by atoms with Gasteiger partial charge in [0.1, 0.15) is 6.04 Å². The van der Waals surface area contributed by atoms with E-state index in [9.17, 15) is 4.79 Å². The number of hydrogen-bond acceptors (Lipinski definition) is 5. The molecule has 0 radical (unpaired) electrons. The number of rotatable bonds is 4. The molecule has 1 aliphatic rings. The molecule has 0 saturated carbocycles. The Morgan fingerprint density at radius 2 is 2.37 bits per heavy atom. The summed E-state index contributed by atoms with van der Waals surface area (Å²) in [4.78, 5) is 21.2. The maximum atomic E-state index is 10.3. The highest BCUT2D eigenvalue weighted by molar-refractivity contribution is 5.73. The van der Waals surface area contributed by atoms with Gasteiger partial charge in [0.2, 0.25) is 0 Å². The fourth-order valence-corrected chi connectivity index (χ4v) is 1.51. The maximum Gasteiger partial charge on any atom is 0.320 e. The van der Waals surface area contributed by atoms with Crippen molar-refractivity contribution < 1.29 is 9.90 Å². The predicted octanol–water partition coefficient (Wildman–Crippen LogP) is 0.0465. The zero-order valence-corrected chi connectivity index (χ0v) is 11.3. The molecule has 2 rings (SSSR count). The number of nitrogens with two attached hydrogens (primary N) is 1. The SMILES string of the molecule is CCN1C=CN(C)C1.NC(Cc1cnc[nH]1)C(=O)O. The van der Waals surface area contributed by atoms with Crippen LogP contribution in [0.5, 0.6) is 0 Å². The van der Waals surface area contributed by atoms with Crippen LogP contribution in [0.15, 0.2) is 24.9 Å². The standard InChI is InChI=1S/C6H9N3O2.C6H12N2/c7-5(6(10)11)1-4-2-8-3-9-4;1-3-8-5-4-7(2)6-8/h2-3,5H,1,7H2,(H,8,9)(H,10,11);4-5H,3,6H2,1-2H3. The highest BCUT2D eigenvalue weighted by Gasteiger charge is 2.12. The molecular formula is C12H21N5O2. The molecule has 1 unspecified atom stereocenters. The van der Waals surface area contributed by atoms with Gasteiger partial charge < -0.3 is 25.6 Å². The Morgan fingerprint density at radius 3 is 2.74 bits per heavy atom. The van der Waals surface area contributed by atoms with Crippen molar-refractivity contribution in [3.05, 3.63) is 30.6 Å². The van der Waals surface area contributed by atoms with Gasteiger partial charge in [-0.2, -0.15) is 0 Å². The van der Waals surface area contributed by atoms with Gasteiger partial charge in [-0.3, -0.25) is 4.79 Å². The van der Waals surface area contributed by atoms with Crippen molar-refractivity contribution in [1.82, 2.24) is 19.8 Å². The van der Waals surface area contributed by atoms with Gasteiger partial charge in [0.15, 0.2) is 0 Å². The summed E-state index contributed by atoms with van der Waals surface area (Å²) in [5, 5.41) is 8.42. The molecule has 0 aromatic carbocycles. The van der Waals surface area contributed by atoms with Crippen LogP contribution in [0.3, 0.4) is 0 Å². The molecule has 4 N–H and O–H groups in total. The van der Waals surface area contributed by atoms with E-state index in [4.69, 9.17) is 10.8 Å². The number of nitrogens with zero attached hydrogens (tertiary/aromatic N) is 3. The van der Waals surface area contributed by atoms with Gasteiger partial charge in [0, 0.05) is 44.3 Å². The molecule has 7 nitrogen and oxygen atoms in total. The zero-order valence-electron chi connectivity index (χ0n) is 11.3. The Balaban J connectivity index is 0.000000200. The van der Waals surface area contributed by atoms with E-state index >= 15 is 0 Å². The number of carboxylic acid groups (broad SMARTS) is 1. The van der Waals surface area contributed by atoms with Crippen LogP contribution in [0.2, 0.25) is 0 Å². The number of carbonyl (C=O) groups is 1. The molecule has 1 aromatic rings. The number of aliphatic carboxylic acids is 1. The van der Waals surface area contributed by atoms with Crippen LogP contribution in [0.4, 0.5) is 0 Å². The van der Waals surface area contributed by atoms with Crippen LogP contribution < -0.4 is 5.73 Å². The summed E-state index contributed by atoms with van der Waals surface area (Å²) >= 11 is 0. The van der Waals surface area contributed by atoms with Gasteiger partial charge in [-0.1, -0.05) is 0 Å². The van der Waals surface area contributed by atoms with Gasteiger partial charge in [-0.15, -0.1) is 0 Å². The number of aromatic nitrogens is 2. The lowest BCUT2D eigenvalue weighted by atomic mass is 10.2. The molecular weight excluding hydrogens is 246 g/mol. The molecule has 2 heterocycles. The number of nitrogens with one attached hydrogen (secondary N) is 1. The summed E-state index contributed by atoms with van der Waals surface area (Å²) in [6.45, 7) is 4.32. The third-order valence-corrected chi connectivity index (χ3v) is 2.65. The Labute approximate surface area is 112 Å². The second-order valence-corrected chi connectivity index (χ2v) is 4.33. The number of aromatic amines is 1. The van der Waals surface area contributed by atoms with Crippen molar-refractivity contribution in [2.45, 2.75) is 19.4 Å². The van der Waals surface area contributed by atoms with E-state index < -0.39 is 12.0 Å². The lowest BCUT2D eigenvalue weighted by molar-refractivity contribution is -0.138. The van der Waals surface area contributed by atoms with Gasteiger partial charge in [-0.05, 0) is 6.92 Å². The first-order valence-electron chi connectivity index (χ1n) is 6.11. The minimum atomic E-state index is -1.00. The summed E-state index contributed by atoms with van der Waals surface area (Å²) in [5.41, 5.74) is 6.00. The lowest BCUT2D eigenvalue weighted by Crippen LogP contribution is -2.32. The number of carboxylic acids is 1. The molecule has 1 aliphatic heterocycles. The van der Waals surface area contributed by atoms with Crippen LogP contribution >= 0.6 is 0 Å². The van der Waals surface area contributed by atoms with E-state index in [0.717, 1.165) is 18.9 Å².